The molecule has 0 unspecified atom stereocenters. The molecule has 1 amide bonds. The highest BCUT2D eigenvalue weighted by Crippen LogP contribution is 2.18. The largest absolute Gasteiger partial charge is 0.311 e. The molecular formula is C17H16ClN5O. The maximum atomic E-state index is 12.5. The molecule has 0 spiro atoms. The number of hydrogen-bond donors (Lipinski definition) is 0. The van der Waals surface area contributed by atoms with Crippen LogP contribution in [0.1, 0.15) is 6.92 Å². The van der Waals surface area contributed by atoms with Crippen LogP contribution >= 0.6 is 11.6 Å². The number of hydrogen-bond acceptors (Lipinski definition) is 4. The van der Waals surface area contributed by atoms with E-state index < -0.39 is 0 Å². The van der Waals surface area contributed by atoms with Crippen LogP contribution in [0.15, 0.2) is 54.6 Å². The first-order chi connectivity index (χ1) is 11.7. The Morgan fingerprint density at radius 3 is 2.67 bits per heavy atom. The smallest absolute Gasteiger partial charge is 0.250 e. The van der Waals surface area contributed by atoms with Gasteiger partial charge in [0, 0.05) is 22.8 Å². The Kier molecular flexibility index (Phi) is 4.86. The van der Waals surface area contributed by atoms with Crippen LogP contribution in [0.5, 0.6) is 0 Å². The van der Waals surface area contributed by atoms with E-state index >= 15 is 0 Å². The van der Waals surface area contributed by atoms with E-state index in [1.165, 1.54) is 4.80 Å². The van der Waals surface area contributed by atoms with Crippen molar-refractivity contribution < 1.29 is 4.79 Å². The van der Waals surface area contributed by atoms with Crippen molar-refractivity contribution in [2.45, 2.75) is 13.5 Å². The zero-order valence-electron chi connectivity index (χ0n) is 13.1. The SMILES string of the molecule is CCN(C(=O)Cn1nnc(-c2cccc(Cl)c2)n1)c1ccccc1. The molecule has 0 aliphatic heterocycles. The normalized spacial score (nSPS) is 10.6. The van der Waals surface area contributed by atoms with Crippen molar-refractivity contribution in [3.63, 3.8) is 0 Å². The highest BCUT2D eigenvalue weighted by molar-refractivity contribution is 6.30. The molecule has 1 heterocycles. The zero-order valence-corrected chi connectivity index (χ0v) is 13.9. The Hall–Kier alpha value is -2.73. The Balaban J connectivity index is 1.75. The number of carbonyl (C=O) groups excluding carboxylic acids is 1. The summed E-state index contributed by atoms with van der Waals surface area (Å²) in [5.74, 6) is 0.340. The third kappa shape index (κ3) is 3.60. The van der Waals surface area contributed by atoms with Gasteiger partial charge in [-0.05, 0) is 36.4 Å². The Labute approximate surface area is 144 Å². The lowest BCUT2D eigenvalue weighted by atomic mass is 10.2. The van der Waals surface area contributed by atoms with E-state index in [0.717, 1.165) is 11.3 Å². The number of amides is 1. The van der Waals surface area contributed by atoms with Crippen molar-refractivity contribution in [2.75, 3.05) is 11.4 Å². The molecule has 2 aromatic carbocycles. The van der Waals surface area contributed by atoms with Crippen molar-refractivity contribution in [1.29, 1.82) is 0 Å². The van der Waals surface area contributed by atoms with E-state index in [0.29, 0.717) is 17.4 Å². The molecular weight excluding hydrogens is 326 g/mol. The van der Waals surface area contributed by atoms with Gasteiger partial charge in [0.05, 0.1) is 0 Å². The van der Waals surface area contributed by atoms with Crippen LogP contribution in [-0.2, 0) is 11.3 Å². The molecule has 1 aromatic heterocycles. The van der Waals surface area contributed by atoms with Gasteiger partial charge in [-0.2, -0.15) is 4.80 Å². The van der Waals surface area contributed by atoms with Gasteiger partial charge in [-0.1, -0.05) is 41.9 Å². The third-order valence-corrected chi connectivity index (χ3v) is 3.73. The minimum Gasteiger partial charge on any atom is -0.311 e. The minimum absolute atomic E-state index is 0.0241. The fraction of sp³-hybridized carbons (Fsp3) is 0.176. The monoisotopic (exact) mass is 341 g/mol. The number of aromatic nitrogens is 4. The second-order valence-electron chi connectivity index (χ2n) is 5.13. The Bertz CT molecular complexity index is 834. The number of benzene rings is 2. The standard InChI is InChI=1S/C17H16ClN5O/c1-2-22(15-9-4-3-5-10-15)16(24)12-23-20-17(19-21-23)13-7-6-8-14(18)11-13/h3-11H,2,12H2,1H3. The Morgan fingerprint density at radius 1 is 1.17 bits per heavy atom. The highest BCUT2D eigenvalue weighted by atomic mass is 35.5. The molecule has 24 heavy (non-hydrogen) atoms. The van der Waals surface area contributed by atoms with E-state index in [9.17, 15) is 4.79 Å². The van der Waals surface area contributed by atoms with Gasteiger partial charge in [0.1, 0.15) is 6.54 Å². The number of anilines is 1. The zero-order chi connectivity index (χ0) is 16.9. The van der Waals surface area contributed by atoms with Gasteiger partial charge in [-0.15, -0.1) is 10.2 Å². The summed E-state index contributed by atoms with van der Waals surface area (Å²) in [6, 6.07) is 16.7. The van der Waals surface area contributed by atoms with Crippen molar-refractivity contribution in [3.05, 3.63) is 59.6 Å². The summed E-state index contributed by atoms with van der Waals surface area (Å²) in [6.45, 7) is 2.52. The van der Waals surface area contributed by atoms with Crippen molar-refractivity contribution >= 4 is 23.2 Å². The molecule has 3 rings (SSSR count). The van der Waals surface area contributed by atoms with Gasteiger partial charge in [-0.3, -0.25) is 4.79 Å². The lowest BCUT2D eigenvalue weighted by Crippen LogP contribution is -2.34. The van der Waals surface area contributed by atoms with Gasteiger partial charge >= 0.3 is 0 Å². The van der Waals surface area contributed by atoms with E-state index in [1.54, 1.807) is 17.0 Å². The number of rotatable bonds is 5. The van der Waals surface area contributed by atoms with Crippen LogP contribution in [0.25, 0.3) is 11.4 Å². The molecule has 0 aliphatic rings. The van der Waals surface area contributed by atoms with Crippen LogP contribution in [0.3, 0.4) is 0 Å². The van der Waals surface area contributed by atoms with Crippen molar-refractivity contribution in [3.8, 4) is 11.4 Å². The number of nitrogens with zero attached hydrogens (tertiary/aromatic N) is 5. The van der Waals surface area contributed by atoms with E-state index in [-0.39, 0.29) is 12.5 Å². The van der Waals surface area contributed by atoms with Crippen molar-refractivity contribution in [2.24, 2.45) is 0 Å². The molecule has 7 heteroatoms. The van der Waals surface area contributed by atoms with Gasteiger partial charge in [0.25, 0.3) is 5.91 Å². The first kappa shape index (κ1) is 16.1. The number of likely N-dealkylation sites (N-methyl/N-ethyl adjacent to an activating group) is 1. The number of carbonyl (C=O) groups is 1. The minimum atomic E-state index is -0.0984. The highest BCUT2D eigenvalue weighted by Gasteiger charge is 2.16. The van der Waals surface area contributed by atoms with Crippen LogP contribution < -0.4 is 4.90 Å². The fourth-order valence-electron chi connectivity index (χ4n) is 2.37. The molecule has 0 fully saturated rings. The second kappa shape index (κ2) is 7.23. The lowest BCUT2D eigenvalue weighted by molar-refractivity contribution is -0.119. The topological polar surface area (TPSA) is 63.9 Å². The van der Waals surface area contributed by atoms with Crippen LogP contribution in [0.2, 0.25) is 5.02 Å². The molecule has 122 valence electrons. The Morgan fingerprint density at radius 2 is 1.96 bits per heavy atom. The van der Waals surface area contributed by atoms with Gasteiger partial charge < -0.3 is 4.90 Å². The van der Waals surface area contributed by atoms with Crippen molar-refractivity contribution in [1.82, 2.24) is 20.2 Å². The number of halogens is 1. The average molecular weight is 342 g/mol. The predicted octanol–water partition coefficient (Wildman–Crippen LogP) is 3.05. The average Bonchev–Trinajstić information content (AvgIpc) is 3.05. The van der Waals surface area contributed by atoms with Gasteiger partial charge in [0.15, 0.2) is 0 Å². The molecule has 0 radical (unpaired) electrons. The molecule has 3 aromatic rings. The van der Waals surface area contributed by atoms with Crippen LogP contribution in [0, 0.1) is 0 Å². The first-order valence-electron chi connectivity index (χ1n) is 7.56. The maximum absolute atomic E-state index is 12.5. The molecule has 0 bridgehead atoms. The summed E-state index contributed by atoms with van der Waals surface area (Å²) < 4.78 is 0. The number of para-hydroxylation sites is 1. The molecule has 0 N–H and O–H groups in total. The quantitative estimate of drug-likeness (QED) is 0.715. The van der Waals surface area contributed by atoms with Crippen LogP contribution in [0.4, 0.5) is 5.69 Å². The molecule has 6 nitrogen and oxygen atoms in total. The first-order valence-corrected chi connectivity index (χ1v) is 7.94. The molecule has 0 saturated heterocycles. The summed E-state index contributed by atoms with van der Waals surface area (Å²) in [4.78, 5) is 15.5. The van der Waals surface area contributed by atoms with Gasteiger partial charge in [-0.25, -0.2) is 0 Å². The maximum Gasteiger partial charge on any atom is 0.250 e. The van der Waals surface area contributed by atoms with E-state index in [1.807, 2.05) is 49.4 Å². The lowest BCUT2D eigenvalue weighted by Gasteiger charge is -2.20. The molecule has 0 aliphatic carbocycles. The predicted molar refractivity (Wildman–Crippen MR) is 92.7 cm³/mol. The van der Waals surface area contributed by atoms with E-state index in [2.05, 4.69) is 15.4 Å². The summed E-state index contributed by atoms with van der Waals surface area (Å²) in [7, 11) is 0. The summed E-state index contributed by atoms with van der Waals surface area (Å²) >= 11 is 5.97. The summed E-state index contributed by atoms with van der Waals surface area (Å²) in [5, 5.41) is 12.8. The fourth-order valence-corrected chi connectivity index (χ4v) is 2.56. The number of tetrazole rings is 1. The summed E-state index contributed by atoms with van der Waals surface area (Å²) in [6.07, 6.45) is 0. The summed E-state index contributed by atoms with van der Waals surface area (Å²) in [5.41, 5.74) is 1.61. The second-order valence-corrected chi connectivity index (χ2v) is 5.56. The van der Waals surface area contributed by atoms with Crippen LogP contribution in [-0.4, -0.2) is 32.7 Å². The molecule has 0 atom stereocenters. The van der Waals surface area contributed by atoms with Gasteiger partial charge in [0.2, 0.25) is 5.82 Å². The third-order valence-electron chi connectivity index (χ3n) is 3.50. The van der Waals surface area contributed by atoms with E-state index in [4.69, 9.17) is 11.6 Å². The molecule has 0 saturated carbocycles.